The summed E-state index contributed by atoms with van der Waals surface area (Å²) in [6.45, 7) is 6.20. The van der Waals surface area contributed by atoms with Crippen molar-refractivity contribution in [2.45, 2.75) is 70.2 Å². The number of carboxylic acid groups (broad SMARTS) is 1. The molecule has 1 aromatic rings. The van der Waals surface area contributed by atoms with Crippen molar-refractivity contribution >= 4 is 29.9 Å². The Morgan fingerprint density at radius 3 is 2.27 bits per heavy atom. The lowest BCUT2D eigenvalue weighted by molar-refractivity contribution is -0.162. The van der Waals surface area contributed by atoms with Gasteiger partial charge in [0.25, 0.3) is 5.91 Å². The first-order valence-electron chi connectivity index (χ1n) is 12.2. The van der Waals surface area contributed by atoms with Crippen LogP contribution in [0.15, 0.2) is 30.3 Å². The summed E-state index contributed by atoms with van der Waals surface area (Å²) in [5.41, 5.74) is -4.19. The number of amides is 2. The number of carbonyl (C=O) groups excluding carboxylic acids is 4. The number of carboxylic acids is 1. The number of benzene rings is 1. The van der Waals surface area contributed by atoms with E-state index in [0.29, 0.717) is 12.0 Å². The first-order chi connectivity index (χ1) is 17.3. The zero-order valence-electron chi connectivity index (χ0n) is 21.7. The number of alkyl carbamates (subject to hydrolysis) is 1. The SMILES string of the molecule is CCC(NC(=O)OC(C)(C)C)(C(=O)N[C@@]1(C(=O)OC)CC[C@H]2[C@H](C(=O)O)[C@H]21)C(=O)OCc1ccccc1. The number of aliphatic carboxylic acids is 1. The number of carbonyl (C=O) groups is 5. The van der Waals surface area contributed by atoms with Crippen LogP contribution in [0.1, 0.15) is 52.5 Å². The highest BCUT2D eigenvalue weighted by molar-refractivity contribution is 6.11. The molecule has 5 atom stereocenters. The van der Waals surface area contributed by atoms with Gasteiger partial charge >= 0.3 is 24.0 Å². The minimum absolute atomic E-state index is 0.135. The van der Waals surface area contributed by atoms with Crippen LogP contribution >= 0.6 is 0 Å². The van der Waals surface area contributed by atoms with Crippen LogP contribution in [0.25, 0.3) is 0 Å². The Morgan fingerprint density at radius 2 is 1.76 bits per heavy atom. The fourth-order valence-corrected chi connectivity index (χ4v) is 5.15. The van der Waals surface area contributed by atoms with E-state index in [-0.39, 0.29) is 25.4 Å². The minimum atomic E-state index is -2.26. The molecular weight excluding hydrogens is 484 g/mol. The summed E-state index contributed by atoms with van der Waals surface area (Å²) in [5, 5.41) is 14.5. The maximum absolute atomic E-state index is 13.8. The smallest absolute Gasteiger partial charge is 0.408 e. The van der Waals surface area contributed by atoms with E-state index in [9.17, 15) is 29.1 Å². The number of nitrogens with one attached hydrogen (secondary N) is 2. The van der Waals surface area contributed by atoms with E-state index in [1.54, 1.807) is 51.1 Å². The van der Waals surface area contributed by atoms with E-state index in [1.807, 2.05) is 0 Å². The molecule has 2 amide bonds. The standard InChI is InChI=1S/C26H34N2O9/c1-6-25(28-23(34)37-24(2,3)4,22(33)36-14-15-10-8-7-9-11-15)20(31)27-26(21(32)35-5)13-12-16-17(18(16)26)19(29)30/h7-11,16-18H,6,12-14H2,1-5H3,(H,27,31)(H,28,34)(H,29,30)/t16-,17-,18-,25?,26-/m0/s1. The number of fused-ring (bicyclic) bond motifs is 1. The van der Waals surface area contributed by atoms with Gasteiger partial charge < -0.3 is 24.6 Å². The molecule has 0 aromatic heterocycles. The highest BCUT2D eigenvalue weighted by Crippen LogP contribution is 2.62. The Morgan fingerprint density at radius 1 is 1.11 bits per heavy atom. The quantitative estimate of drug-likeness (QED) is 0.253. The fraction of sp³-hybridized carbons (Fsp3) is 0.577. The van der Waals surface area contributed by atoms with Crippen molar-refractivity contribution in [3.8, 4) is 0 Å². The summed E-state index contributed by atoms with van der Waals surface area (Å²) in [7, 11) is 1.14. The molecule has 37 heavy (non-hydrogen) atoms. The molecule has 2 saturated carbocycles. The number of ether oxygens (including phenoxy) is 3. The molecule has 0 radical (unpaired) electrons. The maximum atomic E-state index is 13.8. The summed E-state index contributed by atoms with van der Waals surface area (Å²) < 4.78 is 15.7. The first kappa shape index (κ1) is 27.9. The van der Waals surface area contributed by atoms with Crippen LogP contribution in [0.4, 0.5) is 4.79 Å². The van der Waals surface area contributed by atoms with Gasteiger partial charge in [-0.05, 0) is 51.5 Å². The molecule has 0 bridgehead atoms. The average Bonchev–Trinajstić information content (AvgIpc) is 3.47. The Bertz CT molecular complexity index is 1070. The Kier molecular flexibility index (Phi) is 7.85. The zero-order valence-corrected chi connectivity index (χ0v) is 21.7. The molecule has 11 heteroatoms. The van der Waals surface area contributed by atoms with Crippen molar-refractivity contribution in [2.24, 2.45) is 17.8 Å². The van der Waals surface area contributed by atoms with Crippen molar-refractivity contribution in [3.63, 3.8) is 0 Å². The third kappa shape index (κ3) is 5.55. The topological polar surface area (TPSA) is 157 Å². The van der Waals surface area contributed by atoms with Crippen molar-refractivity contribution in [2.75, 3.05) is 7.11 Å². The molecule has 2 aliphatic carbocycles. The van der Waals surface area contributed by atoms with E-state index >= 15 is 0 Å². The molecule has 0 spiro atoms. The fourth-order valence-electron chi connectivity index (χ4n) is 5.15. The van der Waals surface area contributed by atoms with Gasteiger partial charge in [0.15, 0.2) is 0 Å². The van der Waals surface area contributed by atoms with Gasteiger partial charge in [0.05, 0.1) is 13.0 Å². The summed E-state index contributed by atoms with van der Waals surface area (Å²) >= 11 is 0. The van der Waals surface area contributed by atoms with Crippen molar-refractivity contribution in [3.05, 3.63) is 35.9 Å². The van der Waals surface area contributed by atoms with Crippen LogP contribution in [0.5, 0.6) is 0 Å². The predicted molar refractivity (Wildman–Crippen MR) is 129 cm³/mol. The van der Waals surface area contributed by atoms with E-state index < -0.39 is 58.4 Å². The zero-order chi connectivity index (χ0) is 27.6. The molecule has 1 unspecified atom stereocenters. The average molecular weight is 519 g/mol. The van der Waals surface area contributed by atoms with E-state index in [2.05, 4.69) is 10.6 Å². The number of methoxy groups -OCH3 is 1. The first-order valence-corrected chi connectivity index (χ1v) is 12.2. The van der Waals surface area contributed by atoms with Crippen LogP contribution in [0.3, 0.4) is 0 Å². The van der Waals surface area contributed by atoms with Gasteiger partial charge in [-0.15, -0.1) is 0 Å². The predicted octanol–water partition coefficient (Wildman–Crippen LogP) is 2.17. The summed E-state index contributed by atoms with van der Waals surface area (Å²) in [5.74, 6) is -5.78. The second-order valence-corrected chi connectivity index (χ2v) is 10.5. The molecule has 0 aliphatic heterocycles. The van der Waals surface area contributed by atoms with Crippen LogP contribution in [0.2, 0.25) is 0 Å². The van der Waals surface area contributed by atoms with E-state index in [0.717, 1.165) is 7.11 Å². The van der Waals surface area contributed by atoms with Gasteiger partial charge in [0, 0.05) is 5.92 Å². The molecule has 202 valence electrons. The number of hydrogen-bond donors (Lipinski definition) is 3. The normalized spacial score (nSPS) is 25.6. The van der Waals surface area contributed by atoms with Crippen molar-refractivity contribution in [1.82, 2.24) is 10.6 Å². The molecule has 2 fully saturated rings. The third-order valence-electron chi connectivity index (χ3n) is 6.97. The van der Waals surface area contributed by atoms with Crippen LogP contribution in [-0.2, 0) is 40.0 Å². The summed E-state index contributed by atoms with van der Waals surface area (Å²) in [6, 6.07) is 8.77. The second-order valence-electron chi connectivity index (χ2n) is 10.5. The lowest BCUT2D eigenvalue weighted by Gasteiger charge is -2.36. The number of rotatable bonds is 9. The van der Waals surface area contributed by atoms with E-state index in [1.165, 1.54) is 6.92 Å². The summed E-state index contributed by atoms with van der Waals surface area (Å²) in [6.07, 6.45) is -0.754. The maximum Gasteiger partial charge on any atom is 0.408 e. The highest BCUT2D eigenvalue weighted by atomic mass is 16.6. The van der Waals surface area contributed by atoms with Gasteiger partial charge in [-0.3, -0.25) is 14.9 Å². The van der Waals surface area contributed by atoms with Crippen molar-refractivity contribution in [1.29, 1.82) is 0 Å². The van der Waals surface area contributed by atoms with Crippen LogP contribution < -0.4 is 10.6 Å². The van der Waals surface area contributed by atoms with Crippen LogP contribution in [-0.4, -0.2) is 58.8 Å². The molecule has 2 aliphatic rings. The van der Waals surface area contributed by atoms with Gasteiger partial charge in [-0.25, -0.2) is 14.4 Å². The third-order valence-corrected chi connectivity index (χ3v) is 6.97. The monoisotopic (exact) mass is 518 g/mol. The van der Waals surface area contributed by atoms with Gasteiger partial charge in [0.2, 0.25) is 5.54 Å². The largest absolute Gasteiger partial charge is 0.481 e. The van der Waals surface area contributed by atoms with Crippen molar-refractivity contribution < 1.29 is 43.3 Å². The molecule has 1 aromatic carbocycles. The lowest BCUT2D eigenvalue weighted by Crippen LogP contribution is -2.69. The molecule has 0 saturated heterocycles. The van der Waals surface area contributed by atoms with Crippen LogP contribution in [0, 0.1) is 17.8 Å². The Labute approximate surface area is 215 Å². The Balaban J connectivity index is 1.93. The van der Waals surface area contributed by atoms with Gasteiger partial charge in [-0.1, -0.05) is 37.3 Å². The van der Waals surface area contributed by atoms with Gasteiger partial charge in [-0.2, -0.15) is 0 Å². The lowest BCUT2D eigenvalue weighted by atomic mass is 9.87. The number of hydrogen-bond acceptors (Lipinski definition) is 8. The second kappa shape index (κ2) is 10.4. The highest BCUT2D eigenvalue weighted by Gasteiger charge is 2.73. The molecule has 3 N–H and O–H groups in total. The molecule has 11 nitrogen and oxygen atoms in total. The minimum Gasteiger partial charge on any atom is -0.481 e. The molecule has 3 rings (SSSR count). The summed E-state index contributed by atoms with van der Waals surface area (Å²) in [4.78, 5) is 64.6. The molecule has 0 heterocycles. The number of esters is 2. The Hall–Kier alpha value is -3.63. The molecular formula is C26H34N2O9. The van der Waals surface area contributed by atoms with Gasteiger partial charge in [0.1, 0.15) is 17.7 Å². The van der Waals surface area contributed by atoms with E-state index in [4.69, 9.17) is 14.2 Å².